The van der Waals surface area contributed by atoms with E-state index < -0.39 is 9.84 Å². The molecule has 0 saturated heterocycles. The summed E-state index contributed by atoms with van der Waals surface area (Å²) in [4.78, 5) is -0.182. The van der Waals surface area contributed by atoms with Crippen molar-refractivity contribution < 1.29 is 8.42 Å². The Balaban J connectivity index is 2.06. The molecule has 0 atom stereocenters. The number of sulfone groups is 1. The molecule has 0 bridgehead atoms. The van der Waals surface area contributed by atoms with Gasteiger partial charge in [-0.1, -0.05) is 54.1 Å². The molecule has 31 heavy (non-hydrogen) atoms. The van der Waals surface area contributed by atoms with Gasteiger partial charge in [0.2, 0.25) is 9.84 Å². The lowest BCUT2D eigenvalue weighted by Gasteiger charge is -2.15. The molecular formula is C25H24N2O2S2. The molecule has 0 spiro atoms. The molecule has 0 heterocycles. The Bertz CT molecular complexity index is 1240. The zero-order chi connectivity index (χ0) is 22.4. The van der Waals surface area contributed by atoms with Crippen molar-refractivity contribution in [2.45, 2.75) is 31.4 Å². The molecule has 0 amide bonds. The monoisotopic (exact) mass is 448 g/mol. The van der Waals surface area contributed by atoms with Gasteiger partial charge in [-0.25, -0.2) is 8.42 Å². The van der Waals surface area contributed by atoms with Gasteiger partial charge in [-0.15, -0.1) is 11.8 Å². The normalized spacial score (nSPS) is 12.1. The number of hydrogen-bond donors (Lipinski definition) is 1. The first kappa shape index (κ1) is 22.7. The van der Waals surface area contributed by atoms with E-state index >= 15 is 0 Å². The Morgan fingerprint density at radius 3 is 2.19 bits per heavy atom. The van der Waals surface area contributed by atoms with Crippen molar-refractivity contribution in [3.8, 4) is 6.07 Å². The molecule has 0 saturated carbocycles. The van der Waals surface area contributed by atoms with E-state index in [4.69, 9.17) is 0 Å². The molecule has 6 heteroatoms. The predicted octanol–water partition coefficient (Wildman–Crippen LogP) is 6.12. The van der Waals surface area contributed by atoms with E-state index in [-0.39, 0.29) is 9.80 Å². The van der Waals surface area contributed by atoms with E-state index in [2.05, 4.69) is 11.4 Å². The molecule has 0 aliphatic rings. The third-order valence-corrected chi connectivity index (χ3v) is 7.50. The lowest BCUT2D eigenvalue weighted by molar-refractivity contribution is 0.603. The molecule has 158 valence electrons. The smallest absolute Gasteiger partial charge is 0.219 e. The minimum absolute atomic E-state index is 0.0995. The number of allylic oxidation sites excluding steroid dienone is 1. The summed E-state index contributed by atoms with van der Waals surface area (Å²) >= 11 is 1.31. The van der Waals surface area contributed by atoms with Gasteiger partial charge in [-0.05, 0) is 61.7 Å². The fourth-order valence-corrected chi connectivity index (χ4v) is 5.77. The number of nitrogens with one attached hydrogen (secondary N) is 1. The zero-order valence-corrected chi connectivity index (χ0v) is 19.3. The highest BCUT2D eigenvalue weighted by Crippen LogP contribution is 2.32. The van der Waals surface area contributed by atoms with Crippen molar-refractivity contribution >= 4 is 27.3 Å². The maximum atomic E-state index is 13.3. The van der Waals surface area contributed by atoms with Crippen LogP contribution in [0.15, 0.2) is 87.6 Å². The van der Waals surface area contributed by atoms with Crippen LogP contribution < -0.4 is 5.32 Å². The van der Waals surface area contributed by atoms with Gasteiger partial charge < -0.3 is 5.32 Å². The van der Waals surface area contributed by atoms with Crippen molar-refractivity contribution in [1.82, 2.24) is 0 Å². The van der Waals surface area contributed by atoms with Gasteiger partial charge in [0.15, 0.2) is 4.91 Å². The Labute approximate surface area is 188 Å². The molecular weight excluding hydrogens is 424 g/mol. The summed E-state index contributed by atoms with van der Waals surface area (Å²) in [6.07, 6.45) is 0. The van der Waals surface area contributed by atoms with E-state index in [1.165, 1.54) is 23.9 Å². The Hall–Kier alpha value is -3.01. The third kappa shape index (κ3) is 5.78. The Morgan fingerprint density at radius 1 is 0.903 bits per heavy atom. The van der Waals surface area contributed by atoms with Crippen LogP contribution in [0.2, 0.25) is 0 Å². The Morgan fingerprint density at radius 2 is 1.58 bits per heavy atom. The summed E-state index contributed by atoms with van der Waals surface area (Å²) in [5, 5.41) is 13.4. The molecule has 3 aromatic rings. The predicted molar refractivity (Wildman–Crippen MR) is 128 cm³/mol. The van der Waals surface area contributed by atoms with Crippen LogP contribution in [0.4, 0.5) is 5.69 Å². The highest BCUT2D eigenvalue weighted by molar-refractivity contribution is 8.04. The minimum atomic E-state index is -3.97. The SMILES string of the molecule is Cc1cccc(CS/C(Nc2cc(C)cc(C)c2)=C(\C#N)S(=O)(=O)c2ccccc2)c1. The summed E-state index contributed by atoms with van der Waals surface area (Å²) in [6.45, 7) is 5.97. The molecule has 1 N–H and O–H groups in total. The van der Waals surface area contributed by atoms with Crippen molar-refractivity contribution in [2.75, 3.05) is 5.32 Å². The van der Waals surface area contributed by atoms with Gasteiger partial charge >= 0.3 is 0 Å². The van der Waals surface area contributed by atoms with Gasteiger partial charge in [-0.2, -0.15) is 5.26 Å². The average molecular weight is 449 g/mol. The van der Waals surface area contributed by atoms with Crippen LogP contribution in [-0.2, 0) is 15.6 Å². The number of thioether (sulfide) groups is 1. The third-order valence-electron chi connectivity index (χ3n) is 4.58. The second-order valence-corrected chi connectivity index (χ2v) is 10.2. The first-order valence-electron chi connectivity index (χ1n) is 9.78. The largest absolute Gasteiger partial charge is 0.349 e. The van der Waals surface area contributed by atoms with Gasteiger partial charge in [-0.3, -0.25) is 0 Å². The summed E-state index contributed by atoms with van der Waals surface area (Å²) in [7, 11) is -3.97. The van der Waals surface area contributed by atoms with Gasteiger partial charge in [0.1, 0.15) is 11.1 Å². The van der Waals surface area contributed by atoms with Crippen LogP contribution in [0.3, 0.4) is 0 Å². The van der Waals surface area contributed by atoms with Crippen LogP contribution in [0.5, 0.6) is 0 Å². The topological polar surface area (TPSA) is 70.0 Å². The highest BCUT2D eigenvalue weighted by atomic mass is 32.2. The van der Waals surface area contributed by atoms with Crippen molar-refractivity contribution in [1.29, 1.82) is 5.26 Å². The summed E-state index contributed by atoms with van der Waals surface area (Å²) in [5.74, 6) is 0.532. The number of nitrogens with zero attached hydrogens (tertiary/aromatic N) is 1. The van der Waals surface area contributed by atoms with Crippen LogP contribution >= 0.6 is 11.8 Å². The number of rotatable bonds is 7. The maximum absolute atomic E-state index is 13.3. The van der Waals surface area contributed by atoms with E-state index in [0.717, 1.165) is 27.9 Å². The zero-order valence-electron chi connectivity index (χ0n) is 17.7. The standard InChI is InChI=1S/C25H24N2O2S2/c1-18-8-7-9-21(13-18)17-30-25(27-22-14-19(2)12-20(3)15-22)24(16-26)31(28,29)23-10-5-4-6-11-23/h4-15,27H,17H2,1-3H3/b25-24+. The van der Waals surface area contributed by atoms with E-state index in [0.29, 0.717) is 10.8 Å². The van der Waals surface area contributed by atoms with E-state index in [1.807, 2.05) is 63.2 Å². The van der Waals surface area contributed by atoms with Gasteiger partial charge in [0.05, 0.1) is 4.90 Å². The lowest BCUT2D eigenvalue weighted by atomic mass is 10.1. The van der Waals surface area contributed by atoms with E-state index in [9.17, 15) is 13.7 Å². The average Bonchev–Trinajstić information content (AvgIpc) is 2.72. The maximum Gasteiger partial charge on any atom is 0.219 e. The van der Waals surface area contributed by atoms with Crippen LogP contribution in [0.25, 0.3) is 0 Å². The van der Waals surface area contributed by atoms with Crippen molar-refractivity contribution in [3.05, 3.63) is 105 Å². The summed E-state index contributed by atoms with van der Waals surface area (Å²) in [5.41, 5.74) is 5.03. The molecule has 3 aromatic carbocycles. The van der Waals surface area contributed by atoms with Gasteiger partial charge in [0, 0.05) is 11.4 Å². The van der Waals surface area contributed by atoms with Crippen LogP contribution in [0, 0.1) is 32.1 Å². The molecule has 0 fully saturated rings. The number of aryl methyl sites for hydroxylation is 3. The molecule has 0 aliphatic carbocycles. The van der Waals surface area contributed by atoms with Crippen molar-refractivity contribution in [2.24, 2.45) is 0 Å². The quantitative estimate of drug-likeness (QED) is 0.441. The molecule has 4 nitrogen and oxygen atoms in total. The first-order valence-corrected chi connectivity index (χ1v) is 12.2. The number of nitriles is 1. The van der Waals surface area contributed by atoms with E-state index in [1.54, 1.807) is 18.2 Å². The molecule has 0 aliphatic heterocycles. The molecule has 0 radical (unpaired) electrons. The second kappa shape index (κ2) is 9.86. The summed E-state index contributed by atoms with van der Waals surface area (Å²) < 4.78 is 26.5. The first-order chi connectivity index (χ1) is 14.8. The van der Waals surface area contributed by atoms with Crippen LogP contribution in [-0.4, -0.2) is 8.42 Å². The highest BCUT2D eigenvalue weighted by Gasteiger charge is 2.25. The number of anilines is 1. The number of hydrogen-bond acceptors (Lipinski definition) is 5. The van der Waals surface area contributed by atoms with Crippen molar-refractivity contribution in [3.63, 3.8) is 0 Å². The van der Waals surface area contributed by atoms with Crippen LogP contribution in [0.1, 0.15) is 22.3 Å². The molecule has 3 rings (SSSR count). The van der Waals surface area contributed by atoms with Gasteiger partial charge in [0.25, 0.3) is 0 Å². The lowest BCUT2D eigenvalue weighted by Crippen LogP contribution is -2.10. The fraction of sp³-hybridized carbons (Fsp3) is 0.160. The summed E-state index contributed by atoms with van der Waals surface area (Å²) in [6, 6.07) is 24.0. The second-order valence-electron chi connectivity index (χ2n) is 7.37. The molecule has 0 unspecified atom stereocenters. The number of benzene rings is 3. The fourth-order valence-electron chi connectivity index (χ4n) is 3.24. The molecule has 0 aromatic heterocycles. The Kier molecular flexibility index (Phi) is 7.21. The minimum Gasteiger partial charge on any atom is -0.349 e.